The van der Waals surface area contributed by atoms with Crippen LogP contribution in [0.15, 0.2) is 71.6 Å². The maximum Gasteiger partial charge on any atom is 0.341 e. The predicted octanol–water partition coefficient (Wildman–Crippen LogP) is 5.40. The fourth-order valence-corrected chi connectivity index (χ4v) is 9.35. The molecule has 2 aliphatic rings. The topological polar surface area (TPSA) is 94.6 Å². The minimum atomic E-state index is -4.31. The summed E-state index contributed by atoms with van der Waals surface area (Å²) in [5, 5.41) is 0. The zero-order valence-electron chi connectivity index (χ0n) is 29.1. The molecule has 2 aliphatic heterocycles. The van der Waals surface area contributed by atoms with Crippen molar-refractivity contribution in [2.24, 2.45) is 0 Å². The third-order valence-electron chi connectivity index (χ3n) is 9.52. The summed E-state index contributed by atoms with van der Waals surface area (Å²) in [6, 6.07) is 13.5. The van der Waals surface area contributed by atoms with E-state index in [-0.39, 0.29) is 22.9 Å². The highest BCUT2D eigenvalue weighted by Gasteiger charge is 2.61. The Kier molecular flexibility index (Phi) is 11.3. The number of halogens is 1. The van der Waals surface area contributed by atoms with Gasteiger partial charge in [0.1, 0.15) is 23.4 Å². The molecule has 10 nitrogen and oxygen atoms in total. The molecular formula is C37H47FN3O7S+. The van der Waals surface area contributed by atoms with Gasteiger partial charge in [-0.1, -0.05) is 30.4 Å². The van der Waals surface area contributed by atoms with Crippen LogP contribution in [-0.2, 0) is 21.2 Å². The van der Waals surface area contributed by atoms with Crippen molar-refractivity contribution in [3.05, 3.63) is 83.7 Å². The molecular weight excluding hydrogens is 649 g/mol. The van der Waals surface area contributed by atoms with Crippen molar-refractivity contribution < 1.29 is 36.6 Å². The zero-order valence-corrected chi connectivity index (χ0v) is 30.0. The Morgan fingerprint density at radius 1 is 0.898 bits per heavy atom. The molecule has 1 fully saturated rings. The van der Waals surface area contributed by atoms with Crippen molar-refractivity contribution in [2.75, 3.05) is 67.2 Å². The number of benzene rings is 3. The fourth-order valence-electron chi connectivity index (χ4n) is 6.89. The average Bonchev–Trinajstić information content (AvgIpc) is 3.10. The minimum absolute atomic E-state index is 0.0163. The lowest BCUT2D eigenvalue weighted by Gasteiger charge is -2.42. The van der Waals surface area contributed by atoms with Crippen molar-refractivity contribution in [2.45, 2.75) is 44.0 Å². The van der Waals surface area contributed by atoms with Gasteiger partial charge in [0.05, 0.1) is 27.2 Å². The van der Waals surface area contributed by atoms with Gasteiger partial charge in [-0.15, -0.1) is 3.89 Å². The van der Waals surface area contributed by atoms with Crippen LogP contribution < -0.4 is 22.8 Å². The number of hydrogen-bond donors (Lipinski definition) is 0. The lowest BCUT2D eigenvalue weighted by atomic mass is 9.98. The molecule has 5 rings (SSSR count). The molecule has 0 bridgehead atoms. The summed E-state index contributed by atoms with van der Waals surface area (Å²) in [6.45, 7) is 10.5. The van der Waals surface area contributed by atoms with E-state index in [0.717, 1.165) is 57.3 Å². The van der Waals surface area contributed by atoms with Crippen LogP contribution in [0.25, 0.3) is 0 Å². The second kappa shape index (κ2) is 15.3. The number of hydrogen-bond acceptors (Lipinski definition) is 9. The van der Waals surface area contributed by atoms with Gasteiger partial charge in [-0.05, 0) is 68.7 Å². The molecule has 3 aromatic carbocycles. The van der Waals surface area contributed by atoms with E-state index in [2.05, 4.69) is 9.80 Å². The molecule has 1 saturated heterocycles. The number of carbonyl (C=O) groups is 1. The molecule has 2 heterocycles. The highest BCUT2D eigenvalue weighted by Crippen LogP contribution is 2.48. The number of carbonyl (C=O) groups excluding carboxylic acids is 1. The van der Waals surface area contributed by atoms with Gasteiger partial charge < -0.3 is 23.8 Å². The first-order valence-corrected chi connectivity index (χ1v) is 18.0. The van der Waals surface area contributed by atoms with Crippen LogP contribution in [0.3, 0.4) is 0 Å². The van der Waals surface area contributed by atoms with Gasteiger partial charge in [0.2, 0.25) is 11.4 Å². The summed E-state index contributed by atoms with van der Waals surface area (Å²) in [5.41, 5.74) is 1.55. The summed E-state index contributed by atoms with van der Waals surface area (Å²) >= 11 is 0. The molecule has 0 aromatic heterocycles. The first-order chi connectivity index (χ1) is 23.5. The van der Waals surface area contributed by atoms with Crippen LogP contribution in [0.1, 0.15) is 37.8 Å². The first kappa shape index (κ1) is 36.3. The van der Waals surface area contributed by atoms with E-state index >= 15 is 0 Å². The summed E-state index contributed by atoms with van der Waals surface area (Å²) in [6.07, 6.45) is 4.74. The molecule has 2 unspecified atom stereocenters. The van der Waals surface area contributed by atoms with Crippen LogP contribution in [-0.4, -0.2) is 97.4 Å². The highest BCUT2D eigenvalue weighted by molar-refractivity contribution is 7.91. The number of rotatable bonds is 13. The molecule has 12 heteroatoms. The van der Waals surface area contributed by atoms with Crippen molar-refractivity contribution in [1.29, 1.82) is 0 Å². The fraction of sp³-hybridized carbons (Fsp3) is 0.432. The van der Waals surface area contributed by atoms with Gasteiger partial charge in [-0.2, -0.15) is 8.42 Å². The van der Waals surface area contributed by atoms with Crippen LogP contribution in [0.2, 0.25) is 0 Å². The molecule has 0 saturated carbocycles. The van der Waals surface area contributed by atoms with Crippen molar-refractivity contribution in [1.82, 2.24) is 13.7 Å². The van der Waals surface area contributed by atoms with E-state index < -0.39 is 37.6 Å². The van der Waals surface area contributed by atoms with E-state index in [1.165, 1.54) is 18.2 Å². The first-order valence-electron chi connectivity index (χ1n) is 16.6. The van der Waals surface area contributed by atoms with E-state index in [1.807, 2.05) is 24.3 Å². The number of methoxy groups -OCH3 is 3. The molecule has 0 spiro atoms. The number of nitrogens with zero attached hydrogens (tertiary/aromatic N) is 3. The summed E-state index contributed by atoms with van der Waals surface area (Å²) in [5.74, 6) is 0.150. The predicted molar refractivity (Wildman–Crippen MR) is 188 cm³/mol. The van der Waals surface area contributed by atoms with E-state index in [1.54, 1.807) is 60.3 Å². The van der Waals surface area contributed by atoms with Crippen LogP contribution in [0.4, 0.5) is 10.1 Å². The highest BCUT2D eigenvalue weighted by atomic mass is 32.2. The normalized spacial score (nSPS) is 21.1. The minimum Gasteiger partial charge on any atom is -0.493 e. The molecule has 2 atom stereocenters. The van der Waals surface area contributed by atoms with E-state index in [4.69, 9.17) is 18.9 Å². The second-order valence-corrected chi connectivity index (χ2v) is 14.6. The average molecular weight is 697 g/mol. The maximum atomic E-state index is 14.8. The third kappa shape index (κ3) is 6.92. The van der Waals surface area contributed by atoms with Gasteiger partial charge in [0.25, 0.3) is 0 Å². The molecule has 0 radical (unpaired) electrons. The summed E-state index contributed by atoms with van der Waals surface area (Å²) < 4.78 is 64.8. The Morgan fingerprint density at radius 2 is 1.55 bits per heavy atom. The Morgan fingerprint density at radius 3 is 2.18 bits per heavy atom. The smallest absolute Gasteiger partial charge is 0.341 e. The Labute approximate surface area is 289 Å². The van der Waals surface area contributed by atoms with Gasteiger partial charge in [-0.3, -0.25) is 4.90 Å². The van der Waals surface area contributed by atoms with Crippen LogP contribution >= 0.6 is 0 Å². The number of fused-ring (bicyclic) bond motifs is 1. The maximum absolute atomic E-state index is 14.8. The SMILES string of the molecule is COc1cc(CCN2CCN(CC=CCOc3ccc(F)cc3[N+]3(C(C)C)C(=O)C(C)c4ccccc4S3(=O)=O)CC2)cc(OC)c1OC. The van der Waals surface area contributed by atoms with Crippen molar-refractivity contribution in [3.63, 3.8) is 0 Å². The Bertz CT molecular complexity index is 1770. The summed E-state index contributed by atoms with van der Waals surface area (Å²) in [7, 11) is 0.530. The quantitative estimate of drug-likeness (QED) is 0.172. The third-order valence-corrected chi connectivity index (χ3v) is 12.0. The molecule has 0 aliphatic carbocycles. The van der Waals surface area contributed by atoms with Crippen molar-refractivity contribution >= 4 is 21.6 Å². The zero-order chi connectivity index (χ0) is 35.3. The largest absolute Gasteiger partial charge is 0.493 e. The van der Waals surface area contributed by atoms with Crippen LogP contribution in [0, 0.1) is 5.82 Å². The number of sulfonamides is 1. The molecule has 264 valence electrons. The number of amides is 1. The van der Waals surface area contributed by atoms with Gasteiger partial charge >= 0.3 is 15.9 Å². The Balaban J connectivity index is 1.20. The second-order valence-electron chi connectivity index (χ2n) is 12.6. The number of ether oxygens (including phenoxy) is 4. The molecule has 3 aromatic rings. The lowest BCUT2D eigenvalue weighted by Crippen LogP contribution is -2.65. The van der Waals surface area contributed by atoms with E-state index in [9.17, 15) is 17.6 Å². The Hall–Kier alpha value is -3.97. The molecule has 0 N–H and O–H groups in total. The van der Waals surface area contributed by atoms with Gasteiger partial charge in [-0.25, -0.2) is 9.18 Å². The van der Waals surface area contributed by atoms with Gasteiger partial charge in [0, 0.05) is 45.3 Å². The lowest BCUT2D eigenvalue weighted by molar-refractivity contribution is -0.128. The van der Waals surface area contributed by atoms with Crippen LogP contribution in [0.5, 0.6) is 23.0 Å². The van der Waals surface area contributed by atoms with E-state index in [0.29, 0.717) is 22.8 Å². The monoisotopic (exact) mass is 696 g/mol. The molecule has 1 amide bonds. The standard InChI is InChI=1S/C37H47FN3O7S/c1-26(2)41(37(42)27(3)30-11-7-8-12-35(30)49(41,43)44)31-25-29(38)13-14-32(31)48-22-10-9-16-39-18-20-40(21-19-39)17-15-28-23-33(45-4)36(47-6)34(24-28)46-5/h7-14,23-27H,15-22H2,1-6H3/q+1. The van der Waals surface area contributed by atoms with Gasteiger partial charge in [0.15, 0.2) is 17.2 Å². The molecule has 49 heavy (non-hydrogen) atoms. The number of piperazine rings is 1. The summed E-state index contributed by atoms with van der Waals surface area (Å²) in [4.78, 5) is 18.9. The number of quaternary nitrogens is 1. The van der Waals surface area contributed by atoms with Crippen molar-refractivity contribution in [3.8, 4) is 23.0 Å².